The van der Waals surface area contributed by atoms with E-state index in [-0.39, 0.29) is 35.6 Å². The largest absolute Gasteiger partial charge is 0.393 e. The zero-order valence-corrected chi connectivity index (χ0v) is 11.9. The van der Waals surface area contributed by atoms with Gasteiger partial charge < -0.3 is 10.2 Å². The molecule has 6 heteroatoms. The maximum Gasteiger partial charge on any atom is 0.154 e. The summed E-state index contributed by atoms with van der Waals surface area (Å²) < 4.78 is 23.3. The number of aliphatic hydroxyl groups excluding tert-OH is 2. The molecule has 5 nitrogen and oxygen atoms in total. The highest BCUT2D eigenvalue weighted by Crippen LogP contribution is 2.38. The highest BCUT2D eigenvalue weighted by molar-refractivity contribution is 7.91. The second kappa shape index (κ2) is 4.98. The van der Waals surface area contributed by atoms with Gasteiger partial charge in [0.25, 0.3) is 0 Å². The molecule has 0 amide bonds. The van der Waals surface area contributed by atoms with Crippen LogP contribution >= 0.6 is 0 Å². The van der Waals surface area contributed by atoms with Gasteiger partial charge in [-0.2, -0.15) is 0 Å². The molecule has 19 heavy (non-hydrogen) atoms. The molecule has 0 spiro atoms. The van der Waals surface area contributed by atoms with E-state index in [0.717, 1.165) is 38.6 Å². The molecule has 0 bridgehead atoms. The summed E-state index contributed by atoms with van der Waals surface area (Å²) in [7, 11) is -3.10. The quantitative estimate of drug-likeness (QED) is 0.734. The lowest BCUT2D eigenvalue weighted by atomic mass is 9.93. The van der Waals surface area contributed by atoms with Crippen molar-refractivity contribution in [2.45, 2.75) is 56.4 Å². The van der Waals surface area contributed by atoms with Crippen LogP contribution in [0, 0.1) is 5.92 Å². The van der Waals surface area contributed by atoms with Crippen molar-refractivity contribution >= 4 is 9.84 Å². The smallest absolute Gasteiger partial charge is 0.154 e. The molecule has 2 N–H and O–H groups in total. The third kappa shape index (κ3) is 2.55. The lowest BCUT2D eigenvalue weighted by Crippen LogP contribution is -2.49. The topological polar surface area (TPSA) is 77.8 Å². The molecule has 3 fully saturated rings. The van der Waals surface area contributed by atoms with E-state index in [2.05, 4.69) is 4.90 Å². The van der Waals surface area contributed by atoms with Crippen molar-refractivity contribution in [3.05, 3.63) is 0 Å². The molecular weight excluding hydrogens is 266 g/mol. The Morgan fingerprint density at radius 1 is 0.895 bits per heavy atom. The fourth-order valence-corrected chi connectivity index (χ4v) is 6.04. The molecule has 0 radical (unpaired) electrons. The molecule has 0 aromatic rings. The van der Waals surface area contributed by atoms with Gasteiger partial charge >= 0.3 is 0 Å². The molecule has 1 aliphatic carbocycles. The SMILES string of the molecule is O=S1(=O)CC(O)C(N2CCCC2C2CCCC2O)C1. The molecular formula is C13H23NO4S. The van der Waals surface area contributed by atoms with Gasteiger partial charge in [0.2, 0.25) is 0 Å². The summed E-state index contributed by atoms with van der Waals surface area (Å²) in [5, 5.41) is 20.1. The van der Waals surface area contributed by atoms with Gasteiger partial charge in [-0.15, -0.1) is 0 Å². The first-order valence-electron chi connectivity index (χ1n) is 7.30. The normalized spacial score (nSPS) is 46.9. The first-order chi connectivity index (χ1) is 8.98. The van der Waals surface area contributed by atoms with E-state index in [4.69, 9.17) is 0 Å². The molecule has 1 saturated carbocycles. The number of hydrogen-bond acceptors (Lipinski definition) is 5. The Bertz CT molecular complexity index is 438. The summed E-state index contributed by atoms with van der Waals surface area (Å²) in [4.78, 5) is 2.18. The van der Waals surface area contributed by atoms with Crippen LogP contribution in [-0.4, -0.2) is 65.9 Å². The molecule has 0 aromatic heterocycles. The van der Waals surface area contributed by atoms with Gasteiger partial charge in [0.15, 0.2) is 9.84 Å². The van der Waals surface area contributed by atoms with Crippen LogP contribution in [0.4, 0.5) is 0 Å². The first kappa shape index (κ1) is 13.8. The highest BCUT2D eigenvalue weighted by atomic mass is 32.2. The molecule has 2 saturated heterocycles. The van der Waals surface area contributed by atoms with Gasteiger partial charge in [-0.1, -0.05) is 6.42 Å². The number of sulfone groups is 1. The van der Waals surface area contributed by atoms with E-state index < -0.39 is 15.9 Å². The van der Waals surface area contributed by atoms with Crippen LogP contribution in [0.1, 0.15) is 32.1 Å². The predicted octanol–water partition coefficient (Wildman–Crippen LogP) is -0.230. The summed E-state index contributed by atoms with van der Waals surface area (Å²) in [5.74, 6) is 0.236. The monoisotopic (exact) mass is 289 g/mol. The third-order valence-corrected chi connectivity index (χ3v) is 6.79. The minimum Gasteiger partial charge on any atom is -0.393 e. The number of rotatable bonds is 2. The standard InChI is InChI=1S/C13H23NO4S/c15-12-5-1-3-9(12)10-4-2-6-14(10)11-7-19(17,18)8-13(11)16/h9-13,15-16H,1-8H2. The van der Waals surface area contributed by atoms with E-state index >= 15 is 0 Å². The lowest BCUT2D eigenvalue weighted by Gasteiger charge is -2.36. The fourth-order valence-electron chi connectivity index (χ4n) is 4.23. The van der Waals surface area contributed by atoms with Crippen molar-refractivity contribution < 1.29 is 18.6 Å². The van der Waals surface area contributed by atoms with Crippen LogP contribution < -0.4 is 0 Å². The van der Waals surface area contributed by atoms with Crippen molar-refractivity contribution in [2.75, 3.05) is 18.1 Å². The zero-order chi connectivity index (χ0) is 13.6. The summed E-state index contributed by atoms with van der Waals surface area (Å²) in [6.45, 7) is 0.852. The second-order valence-corrected chi connectivity index (χ2v) is 8.47. The Morgan fingerprint density at radius 3 is 2.26 bits per heavy atom. The summed E-state index contributed by atoms with van der Waals surface area (Å²) in [6, 6.07) is -0.00394. The molecule has 3 aliphatic rings. The summed E-state index contributed by atoms with van der Waals surface area (Å²) in [6.07, 6.45) is 3.99. The minimum atomic E-state index is -3.10. The predicted molar refractivity (Wildman–Crippen MR) is 71.5 cm³/mol. The molecule has 110 valence electrons. The van der Waals surface area contributed by atoms with E-state index in [1.54, 1.807) is 0 Å². The Hall–Kier alpha value is -0.170. The Balaban J connectivity index is 1.76. The number of hydrogen-bond donors (Lipinski definition) is 2. The minimum absolute atomic E-state index is 0.0769. The molecule has 2 heterocycles. The number of nitrogens with zero attached hydrogens (tertiary/aromatic N) is 1. The van der Waals surface area contributed by atoms with Crippen LogP contribution in [0.15, 0.2) is 0 Å². The Morgan fingerprint density at radius 2 is 1.68 bits per heavy atom. The maximum absolute atomic E-state index is 11.7. The van der Waals surface area contributed by atoms with Crippen LogP contribution in [0.25, 0.3) is 0 Å². The average Bonchev–Trinajstić information content (AvgIpc) is 2.97. The first-order valence-corrected chi connectivity index (χ1v) is 9.12. The Labute approximate surface area is 114 Å². The van der Waals surface area contributed by atoms with Crippen molar-refractivity contribution in [1.82, 2.24) is 4.90 Å². The van der Waals surface area contributed by atoms with Crippen molar-refractivity contribution in [2.24, 2.45) is 5.92 Å². The maximum atomic E-state index is 11.7. The van der Waals surface area contributed by atoms with E-state index in [9.17, 15) is 18.6 Å². The van der Waals surface area contributed by atoms with E-state index in [1.807, 2.05) is 0 Å². The molecule has 2 aliphatic heterocycles. The van der Waals surface area contributed by atoms with Crippen molar-refractivity contribution in [1.29, 1.82) is 0 Å². The van der Waals surface area contributed by atoms with Gasteiger partial charge in [0.05, 0.1) is 29.8 Å². The van der Waals surface area contributed by atoms with Crippen LogP contribution in [-0.2, 0) is 9.84 Å². The number of likely N-dealkylation sites (tertiary alicyclic amines) is 1. The van der Waals surface area contributed by atoms with Crippen LogP contribution in [0.5, 0.6) is 0 Å². The Kier molecular flexibility index (Phi) is 3.62. The number of aliphatic hydroxyl groups is 2. The molecule has 0 aromatic carbocycles. The highest BCUT2D eigenvalue weighted by Gasteiger charge is 2.47. The second-order valence-electron chi connectivity index (χ2n) is 6.32. The summed E-state index contributed by atoms with van der Waals surface area (Å²) in [5.41, 5.74) is 0. The zero-order valence-electron chi connectivity index (χ0n) is 11.1. The lowest BCUT2D eigenvalue weighted by molar-refractivity contribution is 0.0261. The van der Waals surface area contributed by atoms with E-state index in [1.165, 1.54) is 0 Å². The molecule has 3 rings (SSSR count). The fraction of sp³-hybridized carbons (Fsp3) is 1.00. The third-order valence-electron chi connectivity index (χ3n) is 5.09. The van der Waals surface area contributed by atoms with Gasteiger partial charge in [-0.05, 0) is 32.2 Å². The van der Waals surface area contributed by atoms with Crippen molar-refractivity contribution in [3.8, 4) is 0 Å². The molecule has 5 unspecified atom stereocenters. The van der Waals surface area contributed by atoms with Gasteiger partial charge in [-0.25, -0.2) is 8.42 Å². The van der Waals surface area contributed by atoms with Crippen LogP contribution in [0.3, 0.4) is 0 Å². The van der Waals surface area contributed by atoms with Crippen molar-refractivity contribution in [3.63, 3.8) is 0 Å². The van der Waals surface area contributed by atoms with Gasteiger partial charge in [0.1, 0.15) is 0 Å². The molecule has 5 atom stereocenters. The van der Waals surface area contributed by atoms with Gasteiger partial charge in [-0.3, -0.25) is 4.90 Å². The summed E-state index contributed by atoms with van der Waals surface area (Å²) >= 11 is 0. The van der Waals surface area contributed by atoms with Gasteiger partial charge in [0, 0.05) is 12.0 Å². The van der Waals surface area contributed by atoms with Crippen LogP contribution in [0.2, 0.25) is 0 Å². The van der Waals surface area contributed by atoms with E-state index in [0.29, 0.717) is 0 Å². The average molecular weight is 289 g/mol.